The molecule has 2 N–H and O–H groups in total. The summed E-state index contributed by atoms with van der Waals surface area (Å²) < 4.78 is 28.1. The monoisotopic (exact) mass is 443 g/mol. The van der Waals surface area contributed by atoms with Gasteiger partial charge in [0.05, 0.1) is 10.6 Å². The number of likely N-dealkylation sites (tertiary alicyclic amines) is 1. The van der Waals surface area contributed by atoms with E-state index in [1.165, 1.54) is 25.7 Å². The van der Waals surface area contributed by atoms with Gasteiger partial charge >= 0.3 is 0 Å². The first-order chi connectivity index (χ1) is 14.8. The highest BCUT2D eigenvalue weighted by Gasteiger charge is 2.17. The van der Waals surface area contributed by atoms with E-state index in [4.69, 9.17) is 0 Å². The van der Waals surface area contributed by atoms with Gasteiger partial charge in [0, 0.05) is 12.1 Å². The lowest BCUT2D eigenvalue weighted by atomic mass is 10.1. The van der Waals surface area contributed by atoms with E-state index in [2.05, 4.69) is 14.9 Å². The van der Waals surface area contributed by atoms with Crippen molar-refractivity contribution in [3.05, 3.63) is 59.2 Å². The van der Waals surface area contributed by atoms with Crippen LogP contribution in [0.3, 0.4) is 0 Å². The molecule has 1 heterocycles. The molecule has 0 unspecified atom stereocenters. The van der Waals surface area contributed by atoms with Crippen molar-refractivity contribution in [2.24, 2.45) is 0 Å². The van der Waals surface area contributed by atoms with Crippen molar-refractivity contribution in [2.75, 3.05) is 30.9 Å². The average molecular weight is 444 g/mol. The second-order valence-corrected chi connectivity index (χ2v) is 10.00. The molecule has 0 aromatic heterocycles. The Labute approximate surface area is 186 Å². The Morgan fingerprint density at radius 3 is 2.32 bits per heavy atom. The fourth-order valence-corrected chi connectivity index (χ4v) is 4.88. The number of carbonyl (C=O) groups is 1. The number of benzene rings is 2. The molecule has 0 atom stereocenters. The van der Waals surface area contributed by atoms with Crippen LogP contribution in [0.15, 0.2) is 47.4 Å². The predicted molar refractivity (Wildman–Crippen MR) is 125 cm³/mol. The number of nitrogens with zero attached hydrogens (tertiary/aromatic N) is 1. The van der Waals surface area contributed by atoms with Crippen molar-refractivity contribution < 1.29 is 13.2 Å². The number of rotatable bonds is 8. The largest absolute Gasteiger partial charge is 0.352 e. The van der Waals surface area contributed by atoms with Crippen molar-refractivity contribution in [2.45, 2.75) is 50.8 Å². The van der Waals surface area contributed by atoms with Gasteiger partial charge in [0.2, 0.25) is 0 Å². The molecular weight excluding hydrogens is 410 g/mol. The topological polar surface area (TPSA) is 78.5 Å². The molecule has 1 aliphatic rings. The number of aryl methyl sites for hydroxylation is 2. The normalized spacial score (nSPS) is 15.3. The molecule has 2 aromatic carbocycles. The zero-order valence-corrected chi connectivity index (χ0v) is 19.3. The number of hydrogen-bond acceptors (Lipinski definition) is 4. The number of nitrogens with one attached hydrogen (secondary N) is 2. The molecule has 0 spiro atoms. The third kappa shape index (κ3) is 6.80. The minimum atomic E-state index is -3.72. The van der Waals surface area contributed by atoms with Crippen molar-refractivity contribution >= 4 is 21.6 Å². The summed E-state index contributed by atoms with van der Waals surface area (Å²) in [6.07, 6.45) is 6.06. The van der Waals surface area contributed by atoms with Crippen LogP contribution in [0.5, 0.6) is 0 Å². The van der Waals surface area contributed by atoms with Gasteiger partial charge in [-0.3, -0.25) is 9.52 Å². The van der Waals surface area contributed by atoms with E-state index >= 15 is 0 Å². The smallest absolute Gasteiger partial charge is 0.261 e. The Kier molecular flexibility index (Phi) is 8.09. The van der Waals surface area contributed by atoms with Gasteiger partial charge in [-0.1, -0.05) is 36.6 Å². The molecule has 0 radical (unpaired) electrons. The fourth-order valence-electron chi connectivity index (χ4n) is 3.76. The van der Waals surface area contributed by atoms with E-state index in [0.29, 0.717) is 17.8 Å². The zero-order valence-electron chi connectivity index (χ0n) is 18.5. The highest BCUT2D eigenvalue weighted by atomic mass is 32.2. The van der Waals surface area contributed by atoms with Crippen LogP contribution >= 0.6 is 0 Å². The fraction of sp³-hybridized carbons (Fsp3) is 0.458. The van der Waals surface area contributed by atoms with E-state index in [1.807, 2.05) is 13.8 Å². The summed E-state index contributed by atoms with van der Waals surface area (Å²) >= 11 is 0. The second-order valence-electron chi connectivity index (χ2n) is 8.31. The van der Waals surface area contributed by atoms with Crippen LogP contribution < -0.4 is 10.0 Å². The summed E-state index contributed by atoms with van der Waals surface area (Å²) in [6, 6.07) is 11.8. The Bertz CT molecular complexity index is 980. The molecular formula is C24H33N3O3S. The molecule has 2 aromatic rings. The lowest BCUT2D eigenvalue weighted by molar-refractivity contribution is 0.0951. The van der Waals surface area contributed by atoms with Gasteiger partial charge in [-0.2, -0.15) is 0 Å². The lowest BCUT2D eigenvalue weighted by Crippen LogP contribution is -2.30. The van der Waals surface area contributed by atoms with E-state index in [-0.39, 0.29) is 10.8 Å². The van der Waals surface area contributed by atoms with Crippen LogP contribution in [0.25, 0.3) is 0 Å². The zero-order chi connectivity index (χ0) is 22.3. The summed E-state index contributed by atoms with van der Waals surface area (Å²) in [5.41, 5.74) is 2.61. The van der Waals surface area contributed by atoms with Crippen molar-refractivity contribution in [3.8, 4) is 0 Å². The Balaban J connectivity index is 1.58. The molecule has 7 heteroatoms. The van der Waals surface area contributed by atoms with Gasteiger partial charge in [0.25, 0.3) is 15.9 Å². The molecule has 0 saturated carbocycles. The molecule has 31 heavy (non-hydrogen) atoms. The standard InChI is InChI=1S/C24H33N3O3S/c1-19-8-12-22(13-9-19)31(29,30)26-23-18-21(11-10-20(23)2)24(28)25-14-7-17-27-15-5-3-4-6-16-27/h8-13,18,26H,3-7,14-17H2,1-2H3,(H,25,28). The molecule has 1 amide bonds. The second kappa shape index (κ2) is 10.8. The summed E-state index contributed by atoms with van der Waals surface area (Å²) in [5, 5.41) is 2.96. The van der Waals surface area contributed by atoms with Crippen LogP contribution in [-0.2, 0) is 10.0 Å². The molecule has 0 aliphatic carbocycles. The van der Waals surface area contributed by atoms with Gasteiger partial charge in [0.1, 0.15) is 0 Å². The minimum absolute atomic E-state index is 0.188. The van der Waals surface area contributed by atoms with Crippen molar-refractivity contribution in [3.63, 3.8) is 0 Å². The third-order valence-electron chi connectivity index (χ3n) is 5.71. The molecule has 0 bridgehead atoms. The van der Waals surface area contributed by atoms with Crippen LogP contribution in [0.2, 0.25) is 0 Å². The first-order valence-corrected chi connectivity index (χ1v) is 12.5. The third-order valence-corrected chi connectivity index (χ3v) is 7.09. The van der Waals surface area contributed by atoms with E-state index < -0.39 is 10.0 Å². The number of amides is 1. The number of hydrogen-bond donors (Lipinski definition) is 2. The van der Waals surface area contributed by atoms with Crippen LogP contribution in [0, 0.1) is 13.8 Å². The maximum absolute atomic E-state index is 12.7. The first kappa shape index (κ1) is 23.3. The summed E-state index contributed by atoms with van der Waals surface area (Å²) in [4.78, 5) is 15.3. The summed E-state index contributed by atoms with van der Waals surface area (Å²) in [7, 11) is -3.72. The molecule has 6 nitrogen and oxygen atoms in total. The molecule has 3 rings (SSSR count). The molecule has 1 fully saturated rings. The molecule has 1 saturated heterocycles. The first-order valence-electron chi connectivity index (χ1n) is 11.1. The minimum Gasteiger partial charge on any atom is -0.352 e. The summed E-state index contributed by atoms with van der Waals surface area (Å²) in [5.74, 6) is -0.188. The maximum Gasteiger partial charge on any atom is 0.261 e. The highest BCUT2D eigenvalue weighted by molar-refractivity contribution is 7.92. The van der Waals surface area contributed by atoms with E-state index in [1.54, 1.807) is 42.5 Å². The Hall–Kier alpha value is -2.38. The predicted octanol–water partition coefficient (Wildman–Crippen LogP) is 4.10. The van der Waals surface area contributed by atoms with Gasteiger partial charge < -0.3 is 10.2 Å². The van der Waals surface area contributed by atoms with E-state index in [0.717, 1.165) is 37.2 Å². The van der Waals surface area contributed by atoms with Crippen LogP contribution in [0.1, 0.15) is 53.6 Å². The lowest BCUT2D eigenvalue weighted by Gasteiger charge is -2.19. The SMILES string of the molecule is Cc1ccc(S(=O)(=O)Nc2cc(C(=O)NCCCN3CCCCCC3)ccc2C)cc1. The number of anilines is 1. The quantitative estimate of drug-likeness (QED) is 0.602. The summed E-state index contributed by atoms with van der Waals surface area (Å²) in [6.45, 7) is 7.62. The van der Waals surface area contributed by atoms with Gasteiger partial charge in [-0.15, -0.1) is 0 Å². The van der Waals surface area contributed by atoms with Crippen LogP contribution in [0.4, 0.5) is 5.69 Å². The number of carbonyl (C=O) groups excluding carboxylic acids is 1. The van der Waals surface area contributed by atoms with Crippen molar-refractivity contribution in [1.82, 2.24) is 10.2 Å². The van der Waals surface area contributed by atoms with Gasteiger partial charge in [0.15, 0.2) is 0 Å². The number of sulfonamides is 1. The van der Waals surface area contributed by atoms with Crippen LogP contribution in [-0.4, -0.2) is 45.4 Å². The van der Waals surface area contributed by atoms with Gasteiger partial charge in [-0.05, 0) is 82.6 Å². The molecule has 168 valence electrons. The average Bonchev–Trinajstić information content (AvgIpc) is 3.01. The van der Waals surface area contributed by atoms with E-state index in [9.17, 15) is 13.2 Å². The highest BCUT2D eigenvalue weighted by Crippen LogP contribution is 2.21. The van der Waals surface area contributed by atoms with Gasteiger partial charge in [-0.25, -0.2) is 8.42 Å². The van der Waals surface area contributed by atoms with Crippen molar-refractivity contribution in [1.29, 1.82) is 0 Å². The Morgan fingerprint density at radius 1 is 0.968 bits per heavy atom. The Morgan fingerprint density at radius 2 is 1.65 bits per heavy atom. The molecule has 1 aliphatic heterocycles. The maximum atomic E-state index is 12.7.